The number of anilines is 4. The number of imidazole rings is 1. The fraction of sp³-hybridized carbons (Fsp3) is 0.235. The Hall–Kier alpha value is -3.67. The van der Waals surface area contributed by atoms with Crippen LogP contribution in [-0.2, 0) is 0 Å². The summed E-state index contributed by atoms with van der Waals surface area (Å²) >= 11 is 0. The Morgan fingerprint density at radius 3 is 2.73 bits per heavy atom. The number of benzene rings is 1. The zero-order chi connectivity index (χ0) is 18.7. The van der Waals surface area contributed by atoms with Crippen molar-refractivity contribution in [3.63, 3.8) is 0 Å². The van der Waals surface area contributed by atoms with Crippen molar-refractivity contribution in [1.29, 1.82) is 10.7 Å². The Morgan fingerprint density at radius 2 is 2.04 bits per heavy atom. The van der Waals surface area contributed by atoms with Crippen molar-refractivity contribution in [3.05, 3.63) is 30.1 Å². The molecule has 0 atom stereocenters. The highest BCUT2D eigenvalue weighted by Crippen LogP contribution is 2.28. The van der Waals surface area contributed by atoms with E-state index in [1.807, 2.05) is 18.2 Å². The molecule has 0 bridgehead atoms. The molecule has 2 aromatic heterocycles. The van der Waals surface area contributed by atoms with Gasteiger partial charge in [-0.15, -0.1) is 0 Å². The summed E-state index contributed by atoms with van der Waals surface area (Å²) in [4.78, 5) is 16.0. The number of aromatic nitrogens is 4. The lowest BCUT2D eigenvalue weighted by molar-refractivity contribution is 0.729. The molecular formula is C17H19N9. The summed E-state index contributed by atoms with van der Waals surface area (Å²) in [6.07, 6.45) is 2.78. The number of nitrogens with one attached hydrogen (secondary N) is 5. The first-order valence-corrected chi connectivity index (χ1v) is 7.96. The van der Waals surface area contributed by atoms with E-state index in [1.165, 1.54) is 6.21 Å². The van der Waals surface area contributed by atoms with Crippen LogP contribution >= 0.6 is 0 Å². The molecule has 9 heteroatoms. The number of rotatable bonds is 6. The van der Waals surface area contributed by atoms with Crippen LogP contribution in [-0.4, -0.2) is 38.7 Å². The average Bonchev–Trinajstić information content (AvgIpc) is 3.09. The Kier molecular flexibility index (Phi) is 4.41. The summed E-state index contributed by atoms with van der Waals surface area (Å²) in [5.74, 6) is 0.972. The minimum atomic E-state index is -0.764. The van der Waals surface area contributed by atoms with Gasteiger partial charge in [-0.1, -0.05) is 6.07 Å². The quantitative estimate of drug-likeness (QED) is 0.431. The van der Waals surface area contributed by atoms with Crippen molar-refractivity contribution in [2.45, 2.75) is 19.4 Å². The topological polar surface area (TPSA) is 138 Å². The average molecular weight is 349 g/mol. The third kappa shape index (κ3) is 3.25. The number of hydrogen-bond donors (Lipinski definition) is 5. The molecule has 0 unspecified atom stereocenters. The van der Waals surface area contributed by atoms with Crippen molar-refractivity contribution >= 4 is 40.5 Å². The number of nitriles is 1. The zero-order valence-electron chi connectivity index (χ0n) is 14.7. The summed E-state index contributed by atoms with van der Waals surface area (Å²) < 4.78 is 0. The minimum absolute atomic E-state index is 0.355. The number of H-pyrrole nitrogens is 1. The molecule has 26 heavy (non-hydrogen) atoms. The summed E-state index contributed by atoms with van der Waals surface area (Å²) in [6, 6.07) is 7.66. The van der Waals surface area contributed by atoms with Crippen LogP contribution in [0.4, 0.5) is 23.1 Å². The van der Waals surface area contributed by atoms with Gasteiger partial charge >= 0.3 is 0 Å². The fourth-order valence-electron chi connectivity index (χ4n) is 2.49. The highest BCUT2D eigenvalue weighted by Gasteiger charge is 2.19. The number of hydrogen-bond acceptors (Lipinski definition) is 8. The van der Waals surface area contributed by atoms with Crippen molar-refractivity contribution < 1.29 is 0 Å². The Bertz CT molecular complexity index is 997. The predicted molar refractivity (Wildman–Crippen MR) is 102 cm³/mol. The van der Waals surface area contributed by atoms with E-state index in [-0.39, 0.29) is 0 Å². The second-order valence-electron chi connectivity index (χ2n) is 6.14. The van der Waals surface area contributed by atoms with Crippen LogP contribution in [0.5, 0.6) is 0 Å². The SMILES string of the molecule is CNc1nc(Nc2cccc(NC(C)(C)C#N)c2C=N)nc2nc[nH]c12. The normalized spacial score (nSPS) is 11.0. The van der Waals surface area contributed by atoms with E-state index in [0.29, 0.717) is 34.4 Å². The fourth-order valence-corrected chi connectivity index (χ4v) is 2.49. The molecule has 0 aliphatic heterocycles. The van der Waals surface area contributed by atoms with Gasteiger partial charge < -0.3 is 26.3 Å². The van der Waals surface area contributed by atoms with E-state index in [2.05, 4.69) is 42.0 Å². The van der Waals surface area contributed by atoms with Gasteiger partial charge in [0.15, 0.2) is 11.5 Å². The molecule has 0 saturated carbocycles. The second kappa shape index (κ2) is 6.68. The van der Waals surface area contributed by atoms with Gasteiger partial charge in [0.2, 0.25) is 5.95 Å². The molecule has 9 nitrogen and oxygen atoms in total. The molecule has 0 fully saturated rings. The van der Waals surface area contributed by atoms with E-state index in [0.717, 1.165) is 5.52 Å². The molecule has 3 aromatic rings. The van der Waals surface area contributed by atoms with E-state index >= 15 is 0 Å². The maximum atomic E-state index is 9.24. The standard InChI is InChI=1S/C17H19N9/c1-17(2,8-19)26-12-6-4-5-11(10(12)7-18)23-16-24-14(20-3)13-15(25-16)22-9-21-13/h4-7,9,18,26H,1-3H3,(H3,20,21,22,23,24,25). The summed E-state index contributed by atoms with van der Waals surface area (Å²) in [5.41, 5.74) is 2.41. The van der Waals surface area contributed by atoms with Gasteiger partial charge in [0, 0.05) is 24.5 Å². The molecule has 0 spiro atoms. The highest BCUT2D eigenvalue weighted by molar-refractivity contribution is 5.95. The first-order valence-electron chi connectivity index (χ1n) is 7.96. The number of nitrogens with zero attached hydrogens (tertiary/aromatic N) is 4. The molecular weight excluding hydrogens is 330 g/mol. The van der Waals surface area contributed by atoms with Gasteiger partial charge in [-0.25, -0.2) is 4.98 Å². The van der Waals surface area contributed by atoms with E-state index < -0.39 is 5.54 Å². The van der Waals surface area contributed by atoms with Gasteiger partial charge in [0.05, 0.1) is 18.1 Å². The zero-order valence-corrected chi connectivity index (χ0v) is 14.7. The molecule has 132 valence electrons. The second-order valence-corrected chi connectivity index (χ2v) is 6.14. The van der Waals surface area contributed by atoms with Crippen LogP contribution in [0.1, 0.15) is 19.4 Å². The van der Waals surface area contributed by atoms with Crippen LogP contribution in [0, 0.1) is 16.7 Å². The van der Waals surface area contributed by atoms with Gasteiger partial charge in [-0.05, 0) is 26.0 Å². The molecule has 0 radical (unpaired) electrons. The molecule has 0 aliphatic carbocycles. The van der Waals surface area contributed by atoms with Gasteiger partial charge in [-0.3, -0.25) is 0 Å². The lowest BCUT2D eigenvalue weighted by Gasteiger charge is -2.22. The third-order valence-electron chi connectivity index (χ3n) is 3.75. The highest BCUT2D eigenvalue weighted by atomic mass is 15.2. The van der Waals surface area contributed by atoms with Crippen LogP contribution in [0.15, 0.2) is 24.5 Å². The Morgan fingerprint density at radius 1 is 1.27 bits per heavy atom. The van der Waals surface area contributed by atoms with Crippen molar-refractivity contribution in [3.8, 4) is 6.07 Å². The smallest absolute Gasteiger partial charge is 0.231 e. The molecule has 0 amide bonds. The summed E-state index contributed by atoms with van der Waals surface area (Å²) in [5, 5.41) is 26.3. The van der Waals surface area contributed by atoms with Crippen molar-refractivity contribution in [2.24, 2.45) is 0 Å². The van der Waals surface area contributed by atoms with Crippen molar-refractivity contribution in [2.75, 3.05) is 23.0 Å². The molecule has 0 saturated heterocycles. The van der Waals surface area contributed by atoms with Crippen molar-refractivity contribution in [1.82, 2.24) is 19.9 Å². The Labute approximate surface area is 150 Å². The van der Waals surface area contributed by atoms with E-state index in [9.17, 15) is 5.26 Å². The molecule has 2 heterocycles. The predicted octanol–water partition coefficient (Wildman–Crippen LogP) is 2.85. The van der Waals surface area contributed by atoms with Gasteiger partial charge in [-0.2, -0.15) is 15.2 Å². The van der Waals surface area contributed by atoms with E-state index in [1.54, 1.807) is 27.2 Å². The summed E-state index contributed by atoms with van der Waals surface area (Å²) in [6.45, 7) is 3.54. The lowest BCUT2D eigenvalue weighted by Crippen LogP contribution is -2.29. The monoisotopic (exact) mass is 349 g/mol. The molecule has 3 rings (SSSR count). The first-order chi connectivity index (χ1) is 12.5. The van der Waals surface area contributed by atoms with Crippen LogP contribution in [0.2, 0.25) is 0 Å². The Balaban J connectivity index is 2.00. The van der Waals surface area contributed by atoms with Gasteiger partial charge in [0.1, 0.15) is 11.1 Å². The van der Waals surface area contributed by atoms with Crippen LogP contribution < -0.4 is 16.0 Å². The lowest BCUT2D eigenvalue weighted by atomic mass is 10.0. The molecule has 0 aliphatic rings. The van der Waals surface area contributed by atoms with Gasteiger partial charge in [0.25, 0.3) is 0 Å². The third-order valence-corrected chi connectivity index (χ3v) is 3.75. The number of aromatic amines is 1. The maximum Gasteiger partial charge on any atom is 0.231 e. The minimum Gasteiger partial charge on any atom is -0.371 e. The molecule has 5 N–H and O–H groups in total. The largest absolute Gasteiger partial charge is 0.371 e. The van der Waals surface area contributed by atoms with E-state index in [4.69, 9.17) is 5.41 Å². The van der Waals surface area contributed by atoms with Crippen LogP contribution in [0.25, 0.3) is 11.2 Å². The first kappa shape index (κ1) is 17.2. The summed E-state index contributed by atoms with van der Waals surface area (Å²) in [7, 11) is 1.77. The van der Waals surface area contributed by atoms with Crippen LogP contribution in [0.3, 0.4) is 0 Å². The maximum absolute atomic E-state index is 9.24. The molecule has 1 aromatic carbocycles. The number of fused-ring (bicyclic) bond motifs is 1.